The highest BCUT2D eigenvalue weighted by atomic mass is 16.4. The van der Waals surface area contributed by atoms with Crippen LogP contribution in [0.1, 0.15) is 12.8 Å². The first kappa shape index (κ1) is 12.9. The number of hydrogen-bond donors (Lipinski definition) is 3. The molecule has 0 unspecified atom stereocenters. The van der Waals surface area contributed by atoms with Gasteiger partial charge in [0, 0.05) is 19.5 Å². The van der Waals surface area contributed by atoms with E-state index in [2.05, 4.69) is 0 Å². The maximum atomic E-state index is 11.3. The van der Waals surface area contributed by atoms with Crippen molar-refractivity contribution in [2.75, 3.05) is 26.3 Å². The van der Waals surface area contributed by atoms with Gasteiger partial charge in [-0.3, -0.25) is 9.59 Å². The Bertz CT molecular complexity index is 188. The average Bonchev–Trinajstić information content (AvgIpc) is 2.14. The summed E-state index contributed by atoms with van der Waals surface area (Å²) >= 11 is 0. The highest BCUT2D eigenvalue weighted by Gasteiger charge is 2.13. The van der Waals surface area contributed by atoms with Crippen molar-refractivity contribution in [2.24, 2.45) is 0 Å². The van der Waals surface area contributed by atoms with E-state index in [4.69, 9.17) is 15.3 Å². The minimum absolute atomic E-state index is 0.102. The third-order valence-corrected chi connectivity index (χ3v) is 1.65. The van der Waals surface area contributed by atoms with Crippen LogP contribution in [0.4, 0.5) is 0 Å². The van der Waals surface area contributed by atoms with Crippen molar-refractivity contribution in [1.29, 1.82) is 0 Å². The minimum Gasteiger partial charge on any atom is -0.481 e. The lowest BCUT2D eigenvalue weighted by atomic mass is 10.2. The number of amides is 1. The van der Waals surface area contributed by atoms with Crippen molar-refractivity contribution in [3.05, 3.63) is 0 Å². The normalized spacial score (nSPS) is 9.86. The highest BCUT2D eigenvalue weighted by molar-refractivity contribution is 5.80. The molecule has 0 aliphatic heterocycles. The molecule has 82 valence electrons. The second-order valence-corrected chi connectivity index (χ2v) is 2.72. The maximum Gasteiger partial charge on any atom is 0.303 e. The third kappa shape index (κ3) is 5.50. The molecule has 14 heavy (non-hydrogen) atoms. The molecule has 0 radical (unpaired) electrons. The molecule has 0 aromatic carbocycles. The van der Waals surface area contributed by atoms with Gasteiger partial charge in [0.15, 0.2) is 0 Å². The van der Waals surface area contributed by atoms with Gasteiger partial charge in [-0.15, -0.1) is 0 Å². The summed E-state index contributed by atoms with van der Waals surface area (Å²) in [4.78, 5) is 22.7. The molecule has 0 bridgehead atoms. The second-order valence-electron chi connectivity index (χ2n) is 2.72. The van der Waals surface area contributed by atoms with Gasteiger partial charge in [-0.2, -0.15) is 0 Å². The Kier molecular flexibility index (Phi) is 6.69. The van der Waals surface area contributed by atoms with Gasteiger partial charge in [0.25, 0.3) is 0 Å². The summed E-state index contributed by atoms with van der Waals surface area (Å²) < 4.78 is 0. The molecule has 0 fully saturated rings. The summed E-state index contributed by atoms with van der Waals surface area (Å²) in [6, 6.07) is 0. The predicted molar refractivity (Wildman–Crippen MR) is 47.6 cm³/mol. The minimum atomic E-state index is -1.04. The van der Waals surface area contributed by atoms with E-state index in [1.165, 1.54) is 4.90 Å². The zero-order chi connectivity index (χ0) is 11.0. The first-order valence-corrected chi connectivity index (χ1v) is 4.33. The Hall–Kier alpha value is -1.14. The fourth-order valence-corrected chi connectivity index (χ4v) is 0.975. The molecule has 0 heterocycles. The summed E-state index contributed by atoms with van der Waals surface area (Å²) in [5, 5.41) is 25.5. The number of rotatable bonds is 7. The molecule has 0 aromatic rings. The molecule has 0 atom stereocenters. The Labute approximate surface area is 81.8 Å². The lowest BCUT2D eigenvalue weighted by molar-refractivity contribution is -0.141. The molecular weight excluding hydrogens is 190 g/mol. The molecule has 0 saturated heterocycles. The van der Waals surface area contributed by atoms with E-state index in [0.717, 1.165) is 0 Å². The number of aliphatic carboxylic acids is 1. The van der Waals surface area contributed by atoms with Crippen LogP contribution in [-0.4, -0.2) is 58.4 Å². The molecule has 0 saturated carbocycles. The van der Waals surface area contributed by atoms with Crippen LogP contribution in [0, 0.1) is 0 Å². The maximum absolute atomic E-state index is 11.3. The summed E-state index contributed by atoms with van der Waals surface area (Å²) in [6.07, 6.45) is -0.332. The fourth-order valence-electron chi connectivity index (χ4n) is 0.975. The summed E-state index contributed by atoms with van der Waals surface area (Å²) in [5.41, 5.74) is 0. The Balaban J connectivity index is 3.94. The zero-order valence-corrected chi connectivity index (χ0v) is 7.85. The first-order chi connectivity index (χ1) is 6.61. The number of carbonyl (C=O) groups is 2. The molecule has 6 heteroatoms. The molecule has 0 aliphatic carbocycles. The summed E-state index contributed by atoms with van der Waals surface area (Å²) in [6.45, 7) is -0.143. The Morgan fingerprint density at radius 3 is 1.86 bits per heavy atom. The molecule has 0 aliphatic rings. The van der Waals surface area contributed by atoms with E-state index in [1.807, 2.05) is 0 Å². The van der Waals surface area contributed by atoms with Crippen LogP contribution in [-0.2, 0) is 9.59 Å². The smallest absolute Gasteiger partial charge is 0.303 e. The van der Waals surface area contributed by atoms with Gasteiger partial charge in [-0.1, -0.05) is 0 Å². The van der Waals surface area contributed by atoms with Crippen LogP contribution >= 0.6 is 0 Å². The fraction of sp³-hybridized carbons (Fsp3) is 0.750. The number of nitrogens with zero attached hydrogens (tertiary/aromatic N) is 1. The predicted octanol–water partition coefficient (Wildman–Crippen LogP) is -1.34. The SMILES string of the molecule is O=C(O)CCC(=O)N(CCO)CCO. The van der Waals surface area contributed by atoms with Gasteiger partial charge in [0.1, 0.15) is 0 Å². The van der Waals surface area contributed by atoms with Gasteiger partial charge in [0.05, 0.1) is 19.6 Å². The van der Waals surface area contributed by atoms with Gasteiger partial charge in [-0.05, 0) is 0 Å². The molecular formula is C8H15NO5. The van der Waals surface area contributed by atoms with Crippen LogP contribution in [0.15, 0.2) is 0 Å². The lowest BCUT2D eigenvalue weighted by Gasteiger charge is -2.20. The number of carboxylic acid groups (broad SMARTS) is 1. The van der Waals surface area contributed by atoms with Crippen LogP contribution in [0.5, 0.6) is 0 Å². The number of carbonyl (C=O) groups excluding carboxylic acids is 1. The van der Waals surface area contributed by atoms with Gasteiger partial charge in [0.2, 0.25) is 5.91 Å². The van der Waals surface area contributed by atoms with Gasteiger partial charge < -0.3 is 20.2 Å². The first-order valence-electron chi connectivity index (χ1n) is 4.33. The van der Waals surface area contributed by atoms with E-state index in [1.54, 1.807) is 0 Å². The van der Waals surface area contributed by atoms with Gasteiger partial charge in [-0.25, -0.2) is 0 Å². The van der Waals surface area contributed by atoms with Crippen LogP contribution < -0.4 is 0 Å². The molecule has 0 rings (SSSR count). The second kappa shape index (κ2) is 7.28. The third-order valence-electron chi connectivity index (χ3n) is 1.65. The largest absolute Gasteiger partial charge is 0.481 e. The number of hydrogen-bond acceptors (Lipinski definition) is 4. The molecule has 0 aromatic heterocycles. The van der Waals surface area contributed by atoms with Crippen molar-refractivity contribution in [3.8, 4) is 0 Å². The monoisotopic (exact) mass is 205 g/mol. The molecule has 3 N–H and O–H groups in total. The van der Waals surface area contributed by atoms with E-state index >= 15 is 0 Å². The van der Waals surface area contributed by atoms with Crippen molar-refractivity contribution < 1.29 is 24.9 Å². The Morgan fingerprint density at radius 1 is 1.00 bits per heavy atom. The van der Waals surface area contributed by atoms with Crippen molar-refractivity contribution in [1.82, 2.24) is 4.90 Å². The molecule has 6 nitrogen and oxygen atoms in total. The number of carboxylic acids is 1. The zero-order valence-electron chi connectivity index (χ0n) is 7.85. The van der Waals surface area contributed by atoms with Gasteiger partial charge >= 0.3 is 5.97 Å². The molecule has 0 spiro atoms. The number of aliphatic hydroxyl groups is 2. The van der Waals surface area contributed by atoms with Crippen molar-refractivity contribution in [2.45, 2.75) is 12.8 Å². The quantitative estimate of drug-likeness (QED) is 0.478. The standard InChI is InChI=1S/C8H15NO5/c10-5-3-9(4-6-11)7(12)1-2-8(13)14/h10-11H,1-6H2,(H,13,14). The Morgan fingerprint density at radius 2 is 1.50 bits per heavy atom. The van der Waals surface area contributed by atoms with Crippen molar-refractivity contribution >= 4 is 11.9 Å². The topological polar surface area (TPSA) is 98.1 Å². The number of aliphatic hydroxyl groups excluding tert-OH is 2. The van der Waals surface area contributed by atoms with E-state index < -0.39 is 5.97 Å². The van der Waals surface area contributed by atoms with Crippen LogP contribution in [0.25, 0.3) is 0 Å². The van der Waals surface area contributed by atoms with Crippen LogP contribution in [0.2, 0.25) is 0 Å². The van der Waals surface area contributed by atoms with Crippen molar-refractivity contribution in [3.63, 3.8) is 0 Å². The highest BCUT2D eigenvalue weighted by Crippen LogP contribution is 1.97. The lowest BCUT2D eigenvalue weighted by Crippen LogP contribution is -2.35. The van der Waals surface area contributed by atoms with E-state index in [0.29, 0.717) is 0 Å². The average molecular weight is 205 g/mol. The summed E-state index contributed by atoms with van der Waals surface area (Å²) in [5.74, 6) is -1.40. The van der Waals surface area contributed by atoms with Crippen LogP contribution in [0.3, 0.4) is 0 Å². The van der Waals surface area contributed by atoms with E-state index in [-0.39, 0.29) is 45.1 Å². The van der Waals surface area contributed by atoms with E-state index in [9.17, 15) is 9.59 Å². The molecule has 1 amide bonds. The summed E-state index contributed by atoms with van der Waals surface area (Å²) in [7, 11) is 0.